The zero-order chi connectivity index (χ0) is 19.2. The quantitative estimate of drug-likeness (QED) is 0.468. The molecule has 2 rings (SSSR count). The molecule has 1 aromatic heterocycles. The molecule has 8 heteroatoms. The third-order valence-electron chi connectivity index (χ3n) is 3.83. The van der Waals surface area contributed by atoms with Gasteiger partial charge in [0.25, 0.3) is 0 Å². The average Bonchev–Trinajstić information content (AvgIpc) is 2.38. The van der Waals surface area contributed by atoms with Gasteiger partial charge in [-0.3, -0.25) is 0 Å². The fourth-order valence-electron chi connectivity index (χ4n) is 3.02. The first-order valence-corrected chi connectivity index (χ1v) is 8.83. The highest BCUT2D eigenvalue weighted by Crippen LogP contribution is 2.36. The van der Waals surface area contributed by atoms with Gasteiger partial charge in [-0.05, 0) is 62.1 Å². The highest BCUT2D eigenvalue weighted by molar-refractivity contribution is 7.88. The molecule has 0 fully saturated rings. The number of hydrogen-bond donors (Lipinski definition) is 0. The summed E-state index contributed by atoms with van der Waals surface area (Å²) in [6.45, 7) is 7.31. The van der Waals surface area contributed by atoms with E-state index >= 15 is 0 Å². The summed E-state index contributed by atoms with van der Waals surface area (Å²) >= 11 is 0. The van der Waals surface area contributed by atoms with Crippen molar-refractivity contribution in [2.24, 2.45) is 7.05 Å². The maximum absolute atomic E-state index is 12.5. The van der Waals surface area contributed by atoms with Gasteiger partial charge < -0.3 is 4.18 Å². The Balaban J connectivity index is 2.57. The summed E-state index contributed by atoms with van der Waals surface area (Å²) in [7, 11) is -3.78. The predicted molar refractivity (Wildman–Crippen MR) is 87.6 cm³/mol. The van der Waals surface area contributed by atoms with Crippen LogP contribution in [-0.2, 0) is 17.2 Å². The molecule has 0 aliphatic heterocycles. The van der Waals surface area contributed by atoms with E-state index in [1.54, 1.807) is 13.8 Å². The number of rotatable bonds is 3. The summed E-state index contributed by atoms with van der Waals surface area (Å²) in [6, 6.07) is 2.61. The van der Waals surface area contributed by atoms with E-state index in [1.807, 2.05) is 37.9 Å². The minimum absolute atomic E-state index is 0.354. The molecule has 0 N–H and O–H groups in total. The second-order valence-electron chi connectivity index (χ2n) is 6.08. The van der Waals surface area contributed by atoms with Gasteiger partial charge in [0.15, 0.2) is 12.4 Å². The minimum atomic E-state index is -5.69. The molecular formula is C17H19F3NO3S+. The Bertz CT molecular complexity index is 889. The largest absolute Gasteiger partial charge is 0.534 e. The highest BCUT2D eigenvalue weighted by Gasteiger charge is 2.48. The van der Waals surface area contributed by atoms with Crippen LogP contribution in [0, 0.1) is 27.7 Å². The Morgan fingerprint density at radius 1 is 0.880 bits per heavy atom. The van der Waals surface area contributed by atoms with Crippen LogP contribution in [0.4, 0.5) is 13.2 Å². The smallest absolute Gasteiger partial charge is 0.376 e. The van der Waals surface area contributed by atoms with Gasteiger partial charge in [0.2, 0.25) is 0 Å². The van der Waals surface area contributed by atoms with Crippen LogP contribution in [0.5, 0.6) is 5.75 Å². The maximum atomic E-state index is 12.5. The molecule has 136 valence electrons. The fourth-order valence-corrected chi connectivity index (χ4v) is 3.47. The third kappa shape index (κ3) is 3.78. The van der Waals surface area contributed by atoms with E-state index in [0.29, 0.717) is 11.1 Å². The standard InChI is InChI=1S/C17H19F3NO3S/c1-10-6-14(24-25(22,23)17(18,19)20)7-11(2)15(10)16-12(3)8-21(5)9-13(16)4/h6-9H,1-5H3/q+1. The van der Waals surface area contributed by atoms with Gasteiger partial charge in [0.05, 0.1) is 0 Å². The molecule has 0 aliphatic rings. The normalized spacial score (nSPS) is 12.3. The number of aromatic nitrogens is 1. The molecule has 0 spiro atoms. The van der Waals surface area contributed by atoms with Gasteiger partial charge in [-0.15, -0.1) is 0 Å². The number of benzene rings is 1. The Morgan fingerprint density at radius 3 is 1.68 bits per heavy atom. The van der Waals surface area contributed by atoms with E-state index in [-0.39, 0.29) is 5.75 Å². The van der Waals surface area contributed by atoms with Gasteiger partial charge in [-0.1, -0.05) is 0 Å². The molecule has 0 radical (unpaired) electrons. The number of hydrogen-bond acceptors (Lipinski definition) is 3. The van der Waals surface area contributed by atoms with Crippen LogP contribution in [0.2, 0.25) is 0 Å². The Kier molecular flexibility index (Phi) is 4.87. The monoisotopic (exact) mass is 374 g/mol. The first-order chi connectivity index (χ1) is 11.3. The number of alkyl halides is 3. The van der Waals surface area contributed by atoms with Gasteiger partial charge >= 0.3 is 15.6 Å². The van der Waals surface area contributed by atoms with Gasteiger partial charge in [0, 0.05) is 11.1 Å². The molecule has 0 saturated carbocycles. The first kappa shape index (κ1) is 19.2. The van der Waals surface area contributed by atoms with Crippen LogP contribution in [0.1, 0.15) is 22.3 Å². The van der Waals surface area contributed by atoms with Crippen molar-refractivity contribution in [3.8, 4) is 16.9 Å². The molecule has 0 saturated heterocycles. The molecule has 2 aromatic rings. The van der Waals surface area contributed by atoms with Crippen molar-refractivity contribution in [3.05, 3.63) is 46.8 Å². The van der Waals surface area contributed by atoms with Crippen LogP contribution in [0.25, 0.3) is 11.1 Å². The van der Waals surface area contributed by atoms with Gasteiger partial charge in [-0.2, -0.15) is 21.6 Å². The van der Waals surface area contributed by atoms with Crippen LogP contribution in [0.3, 0.4) is 0 Å². The van der Waals surface area contributed by atoms with Crippen molar-refractivity contribution in [2.75, 3.05) is 0 Å². The lowest BCUT2D eigenvalue weighted by Crippen LogP contribution is -2.28. The topological polar surface area (TPSA) is 47.3 Å². The molecule has 0 aliphatic carbocycles. The number of halogens is 3. The van der Waals surface area contributed by atoms with Crippen molar-refractivity contribution in [1.82, 2.24) is 0 Å². The lowest BCUT2D eigenvalue weighted by Gasteiger charge is -2.16. The summed E-state index contributed by atoms with van der Waals surface area (Å²) in [6.07, 6.45) is 3.89. The number of nitrogens with zero attached hydrogens (tertiary/aromatic N) is 1. The number of pyridine rings is 1. The maximum Gasteiger partial charge on any atom is 0.534 e. The molecule has 0 bridgehead atoms. The van der Waals surface area contributed by atoms with Crippen molar-refractivity contribution in [1.29, 1.82) is 0 Å². The van der Waals surface area contributed by atoms with Crippen molar-refractivity contribution in [3.63, 3.8) is 0 Å². The lowest BCUT2D eigenvalue weighted by molar-refractivity contribution is -0.672. The Hall–Kier alpha value is -2.09. The van der Waals surface area contributed by atoms with E-state index in [9.17, 15) is 21.6 Å². The van der Waals surface area contributed by atoms with Crippen molar-refractivity contribution >= 4 is 10.1 Å². The van der Waals surface area contributed by atoms with Gasteiger partial charge in [0.1, 0.15) is 12.8 Å². The predicted octanol–water partition coefficient (Wildman–Crippen LogP) is 3.64. The highest BCUT2D eigenvalue weighted by atomic mass is 32.2. The summed E-state index contributed by atoms with van der Waals surface area (Å²) in [4.78, 5) is 0. The molecule has 1 heterocycles. The van der Waals surface area contributed by atoms with Crippen LogP contribution >= 0.6 is 0 Å². The SMILES string of the molecule is Cc1cc(OS(=O)(=O)C(F)(F)F)cc(C)c1-c1c(C)c[n+](C)cc1C. The Morgan fingerprint density at radius 2 is 1.28 bits per heavy atom. The van der Waals surface area contributed by atoms with E-state index in [2.05, 4.69) is 4.18 Å². The minimum Gasteiger partial charge on any atom is -0.376 e. The second-order valence-corrected chi connectivity index (χ2v) is 7.62. The summed E-state index contributed by atoms with van der Waals surface area (Å²) in [5.74, 6) is -0.354. The lowest BCUT2D eigenvalue weighted by atomic mass is 9.91. The van der Waals surface area contributed by atoms with E-state index in [1.165, 1.54) is 12.1 Å². The van der Waals surface area contributed by atoms with E-state index < -0.39 is 15.6 Å². The first-order valence-electron chi connectivity index (χ1n) is 7.42. The van der Waals surface area contributed by atoms with Gasteiger partial charge in [-0.25, -0.2) is 4.57 Å². The van der Waals surface area contributed by atoms with Crippen molar-refractivity contribution < 1.29 is 30.3 Å². The van der Waals surface area contributed by atoms with Crippen LogP contribution in [0.15, 0.2) is 24.5 Å². The molecule has 0 unspecified atom stereocenters. The summed E-state index contributed by atoms with van der Waals surface area (Å²) in [5.41, 5.74) is -0.365. The van der Waals surface area contributed by atoms with Crippen LogP contribution < -0.4 is 8.75 Å². The zero-order valence-corrected chi connectivity index (χ0v) is 15.3. The zero-order valence-electron chi connectivity index (χ0n) is 14.5. The fraction of sp³-hybridized carbons (Fsp3) is 0.353. The summed E-state index contributed by atoms with van der Waals surface area (Å²) in [5, 5.41) is 0. The Labute approximate surface area is 145 Å². The van der Waals surface area contributed by atoms with E-state index in [4.69, 9.17) is 0 Å². The van der Waals surface area contributed by atoms with E-state index in [0.717, 1.165) is 22.3 Å². The molecule has 0 atom stereocenters. The molecule has 0 amide bonds. The number of aryl methyl sites for hydroxylation is 5. The molecule has 4 nitrogen and oxygen atoms in total. The molecule has 25 heavy (non-hydrogen) atoms. The third-order valence-corrected chi connectivity index (χ3v) is 4.81. The second kappa shape index (κ2) is 6.33. The molecule has 1 aromatic carbocycles. The van der Waals surface area contributed by atoms with Crippen LogP contribution in [-0.4, -0.2) is 13.9 Å². The summed E-state index contributed by atoms with van der Waals surface area (Å²) < 4.78 is 66.0. The average molecular weight is 374 g/mol. The van der Waals surface area contributed by atoms with Crippen molar-refractivity contribution in [2.45, 2.75) is 33.2 Å². The molecular weight excluding hydrogens is 355 g/mol.